The number of carbonyl (C=O) groups excluding carboxylic acids is 1. The number of likely N-dealkylation sites (tertiary alicyclic amines) is 1. The summed E-state index contributed by atoms with van der Waals surface area (Å²) in [5, 5.41) is 9.74. The molecule has 25 heavy (non-hydrogen) atoms. The van der Waals surface area contributed by atoms with Gasteiger partial charge in [0.05, 0.1) is 11.5 Å². The lowest BCUT2D eigenvalue weighted by Crippen LogP contribution is -2.42. The highest BCUT2D eigenvalue weighted by Gasteiger charge is 2.36. The molecule has 1 aliphatic heterocycles. The van der Waals surface area contributed by atoms with Gasteiger partial charge in [-0.1, -0.05) is 60.7 Å². The Morgan fingerprint density at radius 3 is 2.20 bits per heavy atom. The Labute approximate surface area is 149 Å². The number of piperidine rings is 1. The van der Waals surface area contributed by atoms with Crippen molar-refractivity contribution in [2.75, 3.05) is 19.6 Å². The van der Waals surface area contributed by atoms with Crippen LogP contribution in [0.4, 0.5) is 0 Å². The predicted octanol–water partition coefficient (Wildman–Crippen LogP) is 4.21. The van der Waals surface area contributed by atoms with Gasteiger partial charge in [-0.05, 0) is 44.5 Å². The molecular formula is C22H24N2O. The van der Waals surface area contributed by atoms with E-state index in [4.69, 9.17) is 0 Å². The molecule has 1 fully saturated rings. The summed E-state index contributed by atoms with van der Waals surface area (Å²) in [6.45, 7) is 2.76. The first-order valence-corrected chi connectivity index (χ1v) is 9.01. The molecule has 0 unspecified atom stereocenters. The van der Waals surface area contributed by atoms with E-state index in [0.29, 0.717) is 6.42 Å². The van der Waals surface area contributed by atoms with Crippen molar-refractivity contribution >= 4 is 5.78 Å². The van der Waals surface area contributed by atoms with Gasteiger partial charge in [-0.15, -0.1) is 0 Å². The van der Waals surface area contributed by atoms with Crippen molar-refractivity contribution in [2.45, 2.75) is 31.1 Å². The van der Waals surface area contributed by atoms with Crippen LogP contribution < -0.4 is 0 Å². The van der Waals surface area contributed by atoms with E-state index in [1.807, 2.05) is 48.5 Å². The summed E-state index contributed by atoms with van der Waals surface area (Å²) in [4.78, 5) is 14.5. The van der Waals surface area contributed by atoms with Gasteiger partial charge in [0, 0.05) is 12.0 Å². The molecule has 1 heterocycles. The van der Waals surface area contributed by atoms with E-state index in [-0.39, 0.29) is 11.2 Å². The fourth-order valence-corrected chi connectivity index (χ4v) is 3.61. The second-order valence-electron chi connectivity index (χ2n) is 6.79. The number of hydrogen-bond donors (Lipinski definition) is 0. The minimum absolute atomic E-state index is 0.216. The highest BCUT2D eigenvalue weighted by Crippen LogP contribution is 2.34. The first-order chi connectivity index (χ1) is 12.2. The van der Waals surface area contributed by atoms with E-state index in [2.05, 4.69) is 23.1 Å². The summed E-state index contributed by atoms with van der Waals surface area (Å²) in [5.74, 6) is 0.216. The van der Waals surface area contributed by atoms with E-state index >= 15 is 0 Å². The van der Waals surface area contributed by atoms with Gasteiger partial charge in [0.15, 0.2) is 5.78 Å². The van der Waals surface area contributed by atoms with Crippen molar-refractivity contribution in [3.63, 3.8) is 0 Å². The van der Waals surface area contributed by atoms with Crippen LogP contribution in [-0.4, -0.2) is 30.3 Å². The maximum atomic E-state index is 12.2. The molecule has 2 aromatic carbocycles. The Hall–Kier alpha value is -2.44. The molecular weight excluding hydrogens is 308 g/mol. The molecule has 3 heteroatoms. The van der Waals surface area contributed by atoms with E-state index in [1.54, 1.807) is 0 Å². The number of nitrogens with zero attached hydrogens (tertiary/aromatic N) is 2. The summed E-state index contributed by atoms with van der Waals surface area (Å²) in [6.07, 6.45) is 3.18. The van der Waals surface area contributed by atoms with Crippen LogP contribution in [0.5, 0.6) is 0 Å². The van der Waals surface area contributed by atoms with E-state index in [9.17, 15) is 10.1 Å². The summed E-state index contributed by atoms with van der Waals surface area (Å²) < 4.78 is 0. The highest BCUT2D eigenvalue weighted by molar-refractivity contribution is 5.95. The molecule has 0 radical (unpaired) electrons. The molecule has 0 saturated carbocycles. The number of ketones is 1. The predicted molar refractivity (Wildman–Crippen MR) is 99.4 cm³/mol. The molecule has 1 saturated heterocycles. The topological polar surface area (TPSA) is 44.1 Å². The zero-order chi connectivity index (χ0) is 17.5. The lowest BCUT2D eigenvalue weighted by atomic mass is 9.74. The van der Waals surface area contributed by atoms with Crippen molar-refractivity contribution in [2.24, 2.45) is 0 Å². The number of hydrogen-bond acceptors (Lipinski definition) is 3. The average molecular weight is 332 g/mol. The maximum absolute atomic E-state index is 12.2. The van der Waals surface area contributed by atoms with Crippen LogP contribution in [0, 0.1) is 11.3 Å². The zero-order valence-corrected chi connectivity index (χ0v) is 14.5. The summed E-state index contributed by atoms with van der Waals surface area (Å²) in [6, 6.07) is 22.2. The number of nitriles is 1. The van der Waals surface area contributed by atoms with Crippen molar-refractivity contribution in [3.05, 3.63) is 71.8 Å². The van der Waals surface area contributed by atoms with E-state index in [1.165, 1.54) is 0 Å². The number of Topliss-reactive ketones (excluding diaryl/α,β-unsaturated/α-hetero) is 1. The summed E-state index contributed by atoms with van der Waals surface area (Å²) in [7, 11) is 0. The number of benzene rings is 2. The molecule has 128 valence electrons. The van der Waals surface area contributed by atoms with Crippen molar-refractivity contribution < 1.29 is 4.79 Å². The molecule has 0 N–H and O–H groups in total. The second-order valence-corrected chi connectivity index (χ2v) is 6.79. The Kier molecular flexibility index (Phi) is 5.63. The third kappa shape index (κ3) is 4.15. The van der Waals surface area contributed by atoms with Crippen molar-refractivity contribution in [3.8, 4) is 6.07 Å². The average Bonchev–Trinajstić information content (AvgIpc) is 2.70. The first kappa shape index (κ1) is 17.4. The number of rotatable bonds is 6. The van der Waals surface area contributed by atoms with Crippen molar-refractivity contribution in [1.82, 2.24) is 4.90 Å². The fraction of sp³-hybridized carbons (Fsp3) is 0.364. The second kappa shape index (κ2) is 8.09. The van der Waals surface area contributed by atoms with Crippen LogP contribution in [-0.2, 0) is 5.41 Å². The van der Waals surface area contributed by atoms with Crippen LogP contribution in [0.15, 0.2) is 60.7 Å². The lowest BCUT2D eigenvalue weighted by molar-refractivity contribution is 0.0970. The summed E-state index contributed by atoms with van der Waals surface area (Å²) >= 11 is 0. The Morgan fingerprint density at radius 1 is 1.00 bits per heavy atom. The van der Waals surface area contributed by atoms with Gasteiger partial charge < -0.3 is 4.90 Å². The van der Waals surface area contributed by atoms with Gasteiger partial charge in [0.2, 0.25) is 0 Å². The van der Waals surface area contributed by atoms with Crippen LogP contribution in [0.3, 0.4) is 0 Å². The normalized spacial score (nSPS) is 16.9. The summed E-state index contributed by atoms with van der Waals surface area (Å²) in [5.41, 5.74) is 1.59. The third-order valence-electron chi connectivity index (χ3n) is 5.22. The van der Waals surface area contributed by atoms with Gasteiger partial charge in [-0.3, -0.25) is 4.79 Å². The first-order valence-electron chi connectivity index (χ1n) is 9.01. The molecule has 2 aromatic rings. The van der Waals surface area contributed by atoms with Crippen molar-refractivity contribution in [1.29, 1.82) is 5.26 Å². The quantitative estimate of drug-likeness (QED) is 0.744. The van der Waals surface area contributed by atoms with Gasteiger partial charge in [-0.25, -0.2) is 0 Å². The molecule has 0 aromatic heterocycles. The SMILES string of the molecule is N#CC1(c2ccccc2)CCN(CCCC(=O)c2ccccc2)CC1. The Bertz CT molecular complexity index is 726. The largest absolute Gasteiger partial charge is 0.303 e. The molecule has 3 nitrogen and oxygen atoms in total. The molecule has 0 atom stereocenters. The van der Waals surface area contributed by atoms with Gasteiger partial charge in [0.25, 0.3) is 0 Å². The minimum Gasteiger partial charge on any atom is -0.303 e. The molecule has 1 aliphatic rings. The maximum Gasteiger partial charge on any atom is 0.162 e. The Balaban J connectivity index is 1.48. The zero-order valence-electron chi connectivity index (χ0n) is 14.5. The molecule has 0 spiro atoms. The van der Waals surface area contributed by atoms with Gasteiger partial charge in [0.1, 0.15) is 0 Å². The smallest absolute Gasteiger partial charge is 0.162 e. The number of carbonyl (C=O) groups is 1. The monoisotopic (exact) mass is 332 g/mol. The van der Waals surface area contributed by atoms with Crippen LogP contribution in [0.2, 0.25) is 0 Å². The molecule has 0 bridgehead atoms. The molecule has 0 amide bonds. The fourth-order valence-electron chi connectivity index (χ4n) is 3.61. The van der Waals surface area contributed by atoms with Gasteiger partial charge in [-0.2, -0.15) is 5.26 Å². The van der Waals surface area contributed by atoms with Gasteiger partial charge >= 0.3 is 0 Å². The van der Waals surface area contributed by atoms with Crippen LogP contribution in [0.25, 0.3) is 0 Å². The minimum atomic E-state index is -0.350. The lowest BCUT2D eigenvalue weighted by Gasteiger charge is -2.37. The van der Waals surface area contributed by atoms with E-state index < -0.39 is 0 Å². The molecule has 0 aliphatic carbocycles. The van der Waals surface area contributed by atoms with Crippen LogP contribution >= 0.6 is 0 Å². The molecule has 3 rings (SSSR count). The standard InChI is InChI=1S/C22H24N2O/c23-18-22(20-10-5-2-6-11-20)13-16-24(17-14-22)15-7-12-21(25)19-8-3-1-4-9-19/h1-6,8-11H,7,12-17H2. The highest BCUT2D eigenvalue weighted by atomic mass is 16.1. The van der Waals surface area contributed by atoms with Crippen LogP contribution in [0.1, 0.15) is 41.6 Å². The van der Waals surface area contributed by atoms with E-state index in [0.717, 1.165) is 50.0 Å². The Morgan fingerprint density at radius 2 is 1.60 bits per heavy atom. The third-order valence-corrected chi connectivity index (χ3v) is 5.22.